The summed E-state index contributed by atoms with van der Waals surface area (Å²) in [7, 11) is -2.10. The highest BCUT2D eigenvalue weighted by Crippen LogP contribution is 2.39. The third kappa shape index (κ3) is 4.49. The molecule has 1 fully saturated rings. The number of rotatable bonds is 5. The van der Waals surface area contributed by atoms with Crippen molar-refractivity contribution < 1.29 is 17.9 Å². The van der Waals surface area contributed by atoms with Crippen molar-refractivity contribution in [3.63, 3.8) is 0 Å². The van der Waals surface area contributed by atoms with Crippen molar-refractivity contribution in [2.45, 2.75) is 30.0 Å². The zero-order chi connectivity index (χ0) is 22.9. The third-order valence-electron chi connectivity index (χ3n) is 6.42. The number of benzene rings is 3. The molecule has 1 saturated heterocycles. The van der Waals surface area contributed by atoms with Gasteiger partial charge >= 0.3 is 0 Å². The number of likely N-dealkylation sites (tertiary alicyclic amines) is 1. The van der Waals surface area contributed by atoms with E-state index in [2.05, 4.69) is 17.0 Å². The van der Waals surface area contributed by atoms with Crippen LogP contribution in [0, 0.1) is 0 Å². The molecule has 1 spiro atoms. The largest absolute Gasteiger partial charge is 0.497 e. The van der Waals surface area contributed by atoms with Crippen LogP contribution in [0.5, 0.6) is 11.5 Å². The van der Waals surface area contributed by atoms with E-state index >= 15 is 0 Å². The van der Waals surface area contributed by atoms with Gasteiger partial charge < -0.3 is 9.47 Å². The molecule has 0 aromatic heterocycles. The Morgan fingerprint density at radius 2 is 1.58 bits per heavy atom. The van der Waals surface area contributed by atoms with E-state index in [1.165, 1.54) is 5.56 Å². The Morgan fingerprint density at radius 1 is 0.879 bits per heavy atom. The van der Waals surface area contributed by atoms with E-state index < -0.39 is 15.6 Å². The molecule has 0 saturated carbocycles. The second-order valence-corrected chi connectivity index (χ2v) is 10.7. The lowest BCUT2D eigenvalue weighted by Crippen LogP contribution is -2.48. The summed E-state index contributed by atoms with van der Waals surface area (Å²) in [6.45, 7) is 2.93. The predicted molar refractivity (Wildman–Crippen MR) is 127 cm³/mol. The van der Waals surface area contributed by atoms with Gasteiger partial charge in [-0.15, -0.1) is 0 Å². The molecule has 6 nitrogen and oxygen atoms in total. The molecule has 0 radical (unpaired) electrons. The van der Waals surface area contributed by atoms with Gasteiger partial charge in [-0.2, -0.15) is 4.31 Å². The maximum atomic E-state index is 13.7. The number of hydrogen-bond donors (Lipinski definition) is 0. The van der Waals surface area contributed by atoms with Crippen LogP contribution < -0.4 is 9.47 Å². The van der Waals surface area contributed by atoms with Gasteiger partial charge in [-0.1, -0.05) is 54.6 Å². The molecule has 3 aromatic rings. The third-order valence-corrected chi connectivity index (χ3v) is 8.25. The lowest BCUT2D eigenvalue weighted by Gasteiger charge is -2.32. The van der Waals surface area contributed by atoms with Crippen molar-refractivity contribution in [3.8, 4) is 11.5 Å². The van der Waals surface area contributed by atoms with E-state index in [1.807, 2.05) is 48.5 Å². The van der Waals surface area contributed by atoms with Gasteiger partial charge in [0, 0.05) is 32.6 Å². The summed E-state index contributed by atoms with van der Waals surface area (Å²) in [5, 5.41) is 0. The molecule has 0 aliphatic carbocycles. The maximum absolute atomic E-state index is 13.7. The Hall–Kier alpha value is -2.87. The summed E-state index contributed by atoms with van der Waals surface area (Å²) in [5.74, 6) is 1.19. The summed E-state index contributed by atoms with van der Waals surface area (Å²) in [6.07, 6.45) is 0.767. The molecule has 0 bridgehead atoms. The molecule has 2 aliphatic rings. The number of nitrogens with zero attached hydrogens (tertiary/aromatic N) is 2. The van der Waals surface area contributed by atoms with Crippen molar-refractivity contribution in [2.75, 3.05) is 26.7 Å². The Bertz CT molecular complexity index is 1210. The fourth-order valence-corrected chi connectivity index (χ4v) is 6.37. The molecule has 33 heavy (non-hydrogen) atoms. The van der Waals surface area contributed by atoms with Gasteiger partial charge in [0.2, 0.25) is 10.0 Å². The molecular formula is C26H28N2O4S. The summed E-state index contributed by atoms with van der Waals surface area (Å²) in [4.78, 5) is 2.58. The highest BCUT2D eigenvalue weighted by atomic mass is 32.2. The van der Waals surface area contributed by atoms with Crippen molar-refractivity contribution in [3.05, 3.63) is 90.0 Å². The molecule has 172 valence electrons. The second-order valence-electron chi connectivity index (χ2n) is 8.80. The van der Waals surface area contributed by atoms with Crippen LogP contribution in [0.3, 0.4) is 0 Å². The average Bonchev–Trinajstić information content (AvgIpc) is 3.18. The van der Waals surface area contributed by atoms with Crippen LogP contribution in [-0.4, -0.2) is 50.0 Å². The molecule has 1 atom stereocenters. The Morgan fingerprint density at radius 3 is 2.33 bits per heavy atom. The summed E-state index contributed by atoms with van der Waals surface area (Å²) in [5.41, 5.74) is 1.56. The van der Waals surface area contributed by atoms with E-state index in [0.29, 0.717) is 18.8 Å². The van der Waals surface area contributed by atoms with Crippen molar-refractivity contribution in [1.29, 1.82) is 0 Å². The Labute approximate surface area is 195 Å². The number of hydrogen-bond acceptors (Lipinski definition) is 5. The average molecular weight is 465 g/mol. The fraction of sp³-hybridized carbons (Fsp3) is 0.308. The highest BCUT2D eigenvalue weighted by Gasteiger charge is 2.47. The van der Waals surface area contributed by atoms with E-state index in [9.17, 15) is 8.42 Å². The number of para-hydroxylation sites is 1. The fourth-order valence-electron chi connectivity index (χ4n) is 4.75. The van der Waals surface area contributed by atoms with E-state index in [-0.39, 0.29) is 11.4 Å². The van der Waals surface area contributed by atoms with Crippen molar-refractivity contribution in [2.24, 2.45) is 0 Å². The van der Waals surface area contributed by atoms with E-state index in [4.69, 9.17) is 9.47 Å². The molecule has 5 rings (SSSR count). The van der Waals surface area contributed by atoms with Crippen LogP contribution in [-0.2, 0) is 23.1 Å². The van der Waals surface area contributed by atoms with E-state index in [0.717, 1.165) is 30.8 Å². The molecule has 3 aromatic carbocycles. The summed E-state index contributed by atoms with van der Waals surface area (Å²) < 4.78 is 40.7. The topological polar surface area (TPSA) is 59.1 Å². The van der Waals surface area contributed by atoms with Gasteiger partial charge in [-0.25, -0.2) is 8.42 Å². The van der Waals surface area contributed by atoms with Gasteiger partial charge in [0.05, 0.1) is 13.7 Å². The lowest BCUT2D eigenvalue weighted by atomic mass is 10.0. The summed E-state index contributed by atoms with van der Waals surface area (Å²) >= 11 is 0. The Kier molecular flexibility index (Phi) is 5.86. The van der Waals surface area contributed by atoms with Gasteiger partial charge in [0.15, 0.2) is 0 Å². The van der Waals surface area contributed by atoms with Crippen LogP contribution in [0.25, 0.3) is 0 Å². The maximum Gasteiger partial charge on any atom is 0.247 e. The molecule has 2 aliphatic heterocycles. The molecule has 0 amide bonds. The first-order chi connectivity index (χ1) is 16.0. The van der Waals surface area contributed by atoms with E-state index in [1.54, 1.807) is 29.6 Å². The molecule has 0 unspecified atom stereocenters. The Balaban J connectivity index is 1.46. The van der Waals surface area contributed by atoms with Gasteiger partial charge in [-0.05, 0) is 35.4 Å². The van der Waals surface area contributed by atoms with Crippen molar-refractivity contribution >= 4 is 10.0 Å². The monoisotopic (exact) mass is 464 g/mol. The first kappa shape index (κ1) is 21.9. The van der Waals surface area contributed by atoms with Gasteiger partial charge in [-0.3, -0.25) is 4.90 Å². The zero-order valence-electron chi connectivity index (χ0n) is 18.7. The predicted octanol–water partition coefficient (Wildman–Crippen LogP) is 3.92. The second kappa shape index (κ2) is 8.82. The molecule has 2 heterocycles. The standard InChI is InChI=1S/C26H28N2O4S/c1-31-23-13-11-22(12-14-23)18-28-20-26(32-24-9-5-6-10-25(24)33(28,29)30)15-16-27(19-26)17-21-7-3-2-4-8-21/h2-14H,15-20H2,1H3/t26-/m0/s1. The molecule has 7 heteroatoms. The SMILES string of the molecule is COc1ccc(CN2C[C@@]3(CCN(Cc4ccccc4)C3)Oc3ccccc3S2(=O)=O)cc1. The number of fused-ring (bicyclic) bond motifs is 1. The first-order valence-electron chi connectivity index (χ1n) is 11.1. The van der Waals surface area contributed by atoms with Crippen LogP contribution >= 0.6 is 0 Å². The summed E-state index contributed by atoms with van der Waals surface area (Å²) in [6, 6.07) is 24.9. The normalized spacial score (nSPS) is 22.5. The minimum atomic E-state index is -3.71. The van der Waals surface area contributed by atoms with Crippen LogP contribution in [0.1, 0.15) is 17.5 Å². The minimum absolute atomic E-state index is 0.233. The number of methoxy groups -OCH3 is 1. The molecular weight excluding hydrogens is 436 g/mol. The van der Waals surface area contributed by atoms with Crippen LogP contribution in [0.2, 0.25) is 0 Å². The van der Waals surface area contributed by atoms with Crippen LogP contribution in [0.4, 0.5) is 0 Å². The number of ether oxygens (including phenoxy) is 2. The highest BCUT2D eigenvalue weighted by molar-refractivity contribution is 7.89. The smallest absolute Gasteiger partial charge is 0.247 e. The number of sulfonamides is 1. The minimum Gasteiger partial charge on any atom is -0.497 e. The zero-order valence-corrected chi connectivity index (χ0v) is 19.5. The van der Waals surface area contributed by atoms with Gasteiger partial charge in [0.25, 0.3) is 0 Å². The first-order valence-corrected chi connectivity index (χ1v) is 12.6. The van der Waals surface area contributed by atoms with Crippen molar-refractivity contribution in [1.82, 2.24) is 9.21 Å². The van der Waals surface area contributed by atoms with Gasteiger partial charge in [0.1, 0.15) is 22.0 Å². The quantitative estimate of drug-likeness (QED) is 0.573. The van der Waals surface area contributed by atoms with Crippen LogP contribution in [0.15, 0.2) is 83.8 Å². The molecule has 0 N–H and O–H groups in total. The lowest BCUT2D eigenvalue weighted by molar-refractivity contribution is 0.0570.